The normalized spacial score (nSPS) is 11.7. The summed E-state index contributed by atoms with van der Waals surface area (Å²) in [5.41, 5.74) is 0. The minimum absolute atomic E-state index is 0.514. The van der Waals surface area contributed by atoms with Crippen LogP contribution in [0.25, 0.3) is 0 Å². The summed E-state index contributed by atoms with van der Waals surface area (Å²) in [4.78, 5) is 6.71. The van der Waals surface area contributed by atoms with Gasteiger partial charge in [0.25, 0.3) is 0 Å². The smallest absolute Gasteiger partial charge is 0.328 e. The maximum atomic E-state index is 12.6. The molecule has 0 bridgehead atoms. The minimum atomic E-state index is -3.36. The van der Waals surface area contributed by atoms with Crippen molar-refractivity contribution in [2.24, 2.45) is 0 Å². The van der Waals surface area contributed by atoms with E-state index in [1.807, 2.05) is 0 Å². The fraction of sp³-hybridized carbons (Fsp3) is 0.333. The van der Waals surface area contributed by atoms with Gasteiger partial charge in [0.15, 0.2) is 0 Å². The Labute approximate surface area is 75.6 Å². The minimum Gasteiger partial charge on any atom is -0.390 e. The first-order valence-corrected chi connectivity index (χ1v) is 3.82. The fourth-order valence-corrected chi connectivity index (χ4v) is 0.777. The molecule has 0 aliphatic heterocycles. The lowest BCUT2D eigenvalue weighted by Crippen LogP contribution is -2.21. The van der Waals surface area contributed by atoms with Crippen molar-refractivity contribution in [1.29, 1.82) is 0 Å². The van der Waals surface area contributed by atoms with Crippen molar-refractivity contribution in [1.82, 2.24) is 9.97 Å². The zero-order valence-corrected chi connectivity index (χ0v) is 7.42. The highest BCUT2D eigenvalue weighted by Crippen LogP contribution is 2.23. The summed E-state index contributed by atoms with van der Waals surface area (Å²) in [6.45, 7) is -1.28. The number of halogens is 3. The van der Waals surface area contributed by atoms with Crippen LogP contribution in [0.15, 0.2) is 16.9 Å². The molecule has 0 aliphatic rings. The molecule has 6 heteroatoms. The SMILES string of the molecule is OCC(F)(F)c1ncc(Br)cn1. The van der Waals surface area contributed by atoms with Crippen molar-refractivity contribution in [3.63, 3.8) is 0 Å². The van der Waals surface area contributed by atoms with Crippen LogP contribution in [0.1, 0.15) is 5.82 Å². The van der Waals surface area contributed by atoms with Gasteiger partial charge >= 0.3 is 5.92 Å². The largest absolute Gasteiger partial charge is 0.390 e. The summed E-state index contributed by atoms with van der Waals surface area (Å²) in [5, 5.41) is 8.28. The molecule has 0 unspecified atom stereocenters. The Morgan fingerprint density at radius 1 is 1.42 bits per heavy atom. The third-order valence-corrected chi connectivity index (χ3v) is 1.56. The van der Waals surface area contributed by atoms with Crippen LogP contribution in [0.4, 0.5) is 8.78 Å². The van der Waals surface area contributed by atoms with Gasteiger partial charge < -0.3 is 5.11 Å². The van der Waals surface area contributed by atoms with Crippen molar-refractivity contribution in [3.05, 3.63) is 22.7 Å². The molecular weight excluding hydrogens is 234 g/mol. The molecule has 0 fully saturated rings. The maximum absolute atomic E-state index is 12.6. The first-order valence-electron chi connectivity index (χ1n) is 3.03. The van der Waals surface area contributed by atoms with E-state index in [9.17, 15) is 8.78 Å². The van der Waals surface area contributed by atoms with E-state index in [0.717, 1.165) is 0 Å². The predicted octanol–water partition coefficient (Wildman–Crippen LogP) is 1.32. The zero-order chi connectivity index (χ0) is 9.19. The Bertz CT molecular complexity index is 265. The van der Waals surface area contributed by atoms with Crippen molar-refractivity contribution < 1.29 is 13.9 Å². The lowest BCUT2D eigenvalue weighted by atomic mass is 10.3. The Kier molecular flexibility index (Phi) is 2.69. The zero-order valence-electron chi connectivity index (χ0n) is 5.84. The molecule has 0 aliphatic carbocycles. The molecule has 0 radical (unpaired) electrons. The van der Waals surface area contributed by atoms with Crippen LogP contribution in [0, 0.1) is 0 Å². The van der Waals surface area contributed by atoms with Crippen LogP contribution in [0.5, 0.6) is 0 Å². The molecule has 1 aromatic rings. The Balaban J connectivity index is 2.96. The van der Waals surface area contributed by atoms with Crippen LogP contribution in [-0.4, -0.2) is 21.7 Å². The van der Waals surface area contributed by atoms with E-state index < -0.39 is 18.4 Å². The van der Waals surface area contributed by atoms with E-state index in [0.29, 0.717) is 4.47 Å². The third kappa shape index (κ3) is 1.95. The molecule has 0 saturated carbocycles. The van der Waals surface area contributed by atoms with Gasteiger partial charge in [0.05, 0.1) is 4.47 Å². The molecule has 0 spiro atoms. The molecule has 12 heavy (non-hydrogen) atoms. The molecule has 1 aromatic heterocycles. The number of aliphatic hydroxyl groups excluding tert-OH is 1. The number of nitrogens with zero attached hydrogens (tertiary/aromatic N) is 2. The summed E-state index contributed by atoms with van der Waals surface area (Å²) < 4.78 is 25.8. The van der Waals surface area contributed by atoms with Crippen LogP contribution in [0.3, 0.4) is 0 Å². The van der Waals surface area contributed by atoms with Crippen LogP contribution in [-0.2, 0) is 5.92 Å². The second kappa shape index (κ2) is 3.40. The number of rotatable bonds is 2. The second-order valence-corrected chi connectivity index (χ2v) is 3.00. The summed E-state index contributed by atoms with van der Waals surface area (Å²) in [6, 6.07) is 0. The molecule has 0 saturated heterocycles. The van der Waals surface area contributed by atoms with Crippen LogP contribution >= 0.6 is 15.9 Å². The molecule has 0 aromatic carbocycles. The van der Waals surface area contributed by atoms with E-state index in [2.05, 4.69) is 25.9 Å². The van der Waals surface area contributed by atoms with Crippen molar-refractivity contribution in [3.8, 4) is 0 Å². The number of hydrogen-bond acceptors (Lipinski definition) is 3. The Morgan fingerprint density at radius 2 is 1.92 bits per heavy atom. The van der Waals surface area contributed by atoms with Gasteiger partial charge in [-0.25, -0.2) is 9.97 Å². The van der Waals surface area contributed by atoms with Gasteiger partial charge in [-0.1, -0.05) is 0 Å². The molecule has 1 N–H and O–H groups in total. The molecule has 0 amide bonds. The highest BCUT2D eigenvalue weighted by Gasteiger charge is 2.33. The van der Waals surface area contributed by atoms with E-state index in [1.54, 1.807) is 0 Å². The predicted molar refractivity (Wildman–Crippen MR) is 40.7 cm³/mol. The van der Waals surface area contributed by atoms with Gasteiger partial charge in [-0.2, -0.15) is 8.78 Å². The van der Waals surface area contributed by atoms with Crippen molar-refractivity contribution >= 4 is 15.9 Å². The van der Waals surface area contributed by atoms with Crippen molar-refractivity contribution in [2.75, 3.05) is 6.61 Å². The summed E-state index contributed by atoms with van der Waals surface area (Å²) in [5.74, 6) is -4.03. The first kappa shape index (κ1) is 9.47. The molecule has 0 atom stereocenters. The first-order chi connectivity index (χ1) is 5.56. The fourth-order valence-electron chi connectivity index (χ4n) is 0.572. The Morgan fingerprint density at radius 3 is 2.33 bits per heavy atom. The highest BCUT2D eigenvalue weighted by atomic mass is 79.9. The molecule has 3 nitrogen and oxygen atoms in total. The number of aromatic nitrogens is 2. The van der Waals surface area contributed by atoms with E-state index in [-0.39, 0.29) is 0 Å². The van der Waals surface area contributed by atoms with Gasteiger partial charge in [-0.3, -0.25) is 0 Å². The number of hydrogen-bond donors (Lipinski definition) is 1. The maximum Gasteiger partial charge on any atom is 0.328 e. The van der Waals surface area contributed by atoms with E-state index in [1.165, 1.54) is 12.4 Å². The number of aliphatic hydroxyl groups is 1. The quantitative estimate of drug-likeness (QED) is 0.846. The topological polar surface area (TPSA) is 46.0 Å². The Hall–Kier alpha value is -0.620. The van der Waals surface area contributed by atoms with E-state index >= 15 is 0 Å². The van der Waals surface area contributed by atoms with Gasteiger partial charge in [-0.05, 0) is 15.9 Å². The third-order valence-electron chi connectivity index (χ3n) is 1.15. The van der Waals surface area contributed by atoms with E-state index in [4.69, 9.17) is 5.11 Å². The monoisotopic (exact) mass is 238 g/mol. The molecule has 66 valence electrons. The standard InChI is InChI=1S/C6H5BrF2N2O/c7-4-1-10-5(11-2-4)6(8,9)3-12/h1-2,12H,3H2. The van der Waals surface area contributed by atoms with Gasteiger partial charge in [0, 0.05) is 12.4 Å². The summed E-state index contributed by atoms with van der Waals surface area (Å²) in [7, 11) is 0. The molecule has 1 heterocycles. The van der Waals surface area contributed by atoms with Crippen molar-refractivity contribution in [2.45, 2.75) is 5.92 Å². The van der Waals surface area contributed by atoms with Crippen LogP contribution < -0.4 is 0 Å². The lowest BCUT2D eigenvalue weighted by Gasteiger charge is -2.09. The highest BCUT2D eigenvalue weighted by molar-refractivity contribution is 9.10. The molecule has 1 rings (SSSR count). The average molecular weight is 239 g/mol. The van der Waals surface area contributed by atoms with Gasteiger partial charge in [0.1, 0.15) is 6.61 Å². The lowest BCUT2D eigenvalue weighted by molar-refractivity contribution is -0.0631. The summed E-state index contributed by atoms with van der Waals surface area (Å²) >= 11 is 3.00. The van der Waals surface area contributed by atoms with Gasteiger partial charge in [-0.15, -0.1) is 0 Å². The molecular formula is C6H5BrF2N2O. The number of alkyl halides is 2. The summed E-state index contributed by atoms with van der Waals surface area (Å²) in [6.07, 6.45) is 2.40. The van der Waals surface area contributed by atoms with Crippen LogP contribution in [0.2, 0.25) is 0 Å². The average Bonchev–Trinajstić information content (AvgIpc) is 2.05. The second-order valence-electron chi connectivity index (χ2n) is 2.09. The van der Waals surface area contributed by atoms with Gasteiger partial charge in [0.2, 0.25) is 5.82 Å².